The molecule has 2 N–H and O–H groups in total. The third-order valence-corrected chi connectivity index (χ3v) is 4.16. The number of aromatic nitrogens is 3. The van der Waals surface area contributed by atoms with E-state index in [2.05, 4.69) is 4.98 Å². The number of nitrogens with two attached hydrogens (primary N) is 1. The van der Waals surface area contributed by atoms with E-state index < -0.39 is 5.82 Å². The second-order valence-electron chi connectivity index (χ2n) is 6.02. The predicted molar refractivity (Wildman–Crippen MR) is 99.3 cm³/mol. The highest BCUT2D eigenvalue weighted by molar-refractivity contribution is 5.80. The number of halogens is 1. The highest BCUT2D eigenvalue weighted by Crippen LogP contribution is 2.28. The van der Waals surface area contributed by atoms with Crippen molar-refractivity contribution in [1.82, 2.24) is 14.1 Å². The Bertz CT molecular complexity index is 1090. The summed E-state index contributed by atoms with van der Waals surface area (Å²) in [6, 6.07) is 8.81. The van der Waals surface area contributed by atoms with E-state index in [4.69, 9.17) is 5.73 Å². The number of aryl methyl sites for hydroxylation is 1. The van der Waals surface area contributed by atoms with E-state index in [1.807, 2.05) is 6.92 Å². The first-order valence-corrected chi connectivity index (χ1v) is 8.25. The van der Waals surface area contributed by atoms with Gasteiger partial charge in [0.25, 0.3) is 11.1 Å². The molecule has 0 fully saturated rings. The van der Waals surface area contributed by atoms with Gasteiger partial charge in [-0.25, -0.2) is 9.37 Å². The Morgan fingerprint density at radius 2 is 1.92 bits per heavy atom. The van der Waals surface area contributed by atoms with Crippen LogP contribution in [0.4, 0.5) is 10.3 Å². The molecule has 0 bridgehead atoms. The topological polar surface area (TPSA) is 82.9 Å². The highest BCUT2D eigenvalue weighted by atomic mass is 19.1. The molecule has 0 unspecified atom stereocenters. The SMILES string of the molecule is CCCn1cc(-c2c(-c3cccc(F)c3)nc(N)n(C)c2=O)ccc1=O. The number of hydrogen-bond acceptors (Lipinski definition) is 4. The van der Waals surface area contributed by atoms with Gasteiger partial charge in [0.1, 0.15) is 5.82 Å². The summed E-state index contributed by atoms with van der Waals surface area (Å²) in [7, 11) is 1.52. The average Bonchev–Trinajstić information content (AvgIpc) is 2.62. The Kier molecular flexibility index (Phi) is 4.71. The van der Waals surface area contributed by atoms with Crippen LogP contribution in [-0.2, 0) is 13.6 Å². The van der Waals surface area contributed by atoms with Gasteiger partial charge < -0.3 is 10.3 Å². The number of nitrogen functional groups attached to an aromatic ring is 1. The molecule has 0 aliphatic rings. The molecule has 0 atom stereocenters. The van der Waals surface area contributed by atoms with Crippen molar-refractivity contribution in [2.24, 2.45) is 7.05 Å². The van der Waals surface area contributed by atoms with Gasteiger partial charge in [0.2, 0.25) is 5.95 Å². The van der Waals surface area contributed by atoms with E-state index in [9.17, 15) is 14.0 Å². The van der Waals surface area contributed by atoms with Crippen LogP contribution < -0.4 is 16.9 Å². The smallest absolute Gasteiger partial charge is 0.263 e. The lowest BCUT2D eigenvalue weighted by atomic mass is 10.0. The van der Waals surface area contributed by atoms with Gasteiger partial charge >= 0.3 is 0 Å². The zero-order valence-corrected chi connectivity index (χ0v) is 14.6. The number of benzene rings is 1. The first-order valence-electron chi connectivity index (χ1n) is 8.25. The number of nitrogens with zero attached hydrogens (tertiary/aromatic N) is 3. The zero-order chi connectivity index (χ0) is 18.8. The lowest BCUT2D eigenvalue weighted by molar-refractivity contribution is 0.628. The normalized spacial score (nSPS) is 10.9. The maximum absolute atomic E-state index is 13.7. The van der Waals surface area contributed by atoms with Gasteiger partial charge in [-0.15, -0.1) is 0 Å². The van der Waals surface area contributed by atoms with Crippen LogP contribution in [0.1, 0.15) is 13.3 Å². The molecule has 0 saturated heterocycles. The Hall–Kier alpha value is -3.22. The van der Waals surface area contributed by atoms with E-state index in [1.165, 1.54) is 29.8 Å². The molecule has 7 heteroatoms. The van der Waals surface area contributed by atoms with Crippen LogP contribution in [0.3, 0.4) is 0 Å². The third kappa shape index (κ3) is 3.15. The van der Waals surface area contributed by atoms with Crippen LogP contribution in [0.2, 0.25) is 0 Å². The molecule has 0 saturated carbocycles. The van der Waals surface area contributed by atoms with Crippen LogP contribution in [0.5, 0.6) is 0 Å². The maximum atomic E-state index is 13.7. The van der Waals surface area contributed by atoms with Crippen LogP contribution in [0, 0.1) is 5.82 Å². The van der Waals surface area contributed by atoms with Crippen LogP contribution >= 0.6 is 0 Å². The minimum absolute atomic E-state index is 0.0277. The molecule has 2 heterocycles. The van der Waals surface area contributed by atoms with Crippen LogP contribution in [-0.4, -0.2) is 14.1 Å². The van der Waals surface area contributed by atoms with E-state index in [0.29, 0.717) is 17.7 Å². The molecule has 3 aromatic rings. The van der Waals surface area contributed by atoms with Gasteiger partial charge in [0, 0.05) is 37.0 Å². The molecule has 2 aromatic heterocycles. The molecule has 1 aromatic carbocycles. The first-order chi connectivity index (χ1) is 12.4. The molecular weight excluding hydrogens is 335 g/mol. The summed E-state index contributed by atoms with van der Waals surface area (Å²) in [5.74, 6) is -0.412. The Morgan fingerprint density at radius 1 is 1.15 bits per heavy atom. The average molecular weight is 354 g/mol. The summed E-state index contributed by atoms with van der Waals surface area (Å²) in [5, 5.41) is 0. The number of anilines is 1. The Morgan fingerprint density at radius 3 is 2.62 bits per heavy atom. The maximum Gasteiger partial charge on any atom is 0.263 e. The molecular formula is C19H19FN4O2. The summed E-state index contributed by atoms with van der Waals surface area (Å²) in [6.07, 6.45) is 2.40. The minimum Gasteiger partial charge on any atom is -0.369 e. The number of rotatable bonds is 4. The zero-order valence-electron chi connectivity index (χ0n) is 14.6. The number of hydrogen-bond donors (Lipinski definition) is 1. The minimum atomic E-state index is -0.439. The fraction of sp³-hybridized carbons (Fsp3) is 0.211. The monoisotopic (exact) mass is 354 g/mol. The lowest BCUT2D eigenvalue weighted by Crippen LogP contribution is -2.25. The van der Waals surface area contributed by atoms with Crippen molar-refractivity contribution in [3.63, 3.8) is 0 Å². The van der Waals surface area contributed by atoms with E-state index >= 15 is 0 Å². The van der Waals surface area contributed by atoms with Gasteiger partial charge in [-0.2, -0.15) is 0 Å². The summed E-state index contributed by atoms with van der Waals surface area (Å²) < 4.78 is 16.5. The molecule has 6 nitrogen and oxygen atoms in total. The van der Waals surface area contributed by atoms with Gasteiger partial charge in [0.15, 0.2) is 0 Å². The largest absolute Gasteiger partial charge is 0.369 e. The molecule has 0 radical (unpaired) electrons. The predicted octanol–water partition coefficient (Wildman–Crippen LogP) is 2.41. The van der Waals surface area contributed by atoms with Crippen molar-refractivity contribution in [2.75, 3.05) is 5.73 Å². The van der Waals surface area contributed by atoms with Crippen molar-refractivity contribution in [2.45, 2.75) is 19.9 Å². The lowest BCUT2D eigenvalue weighted by Gasteiger charge is -2.14. The molecule has 0 aliphatic carbocycles. The van der Waals surface area contributed by atoms with Crippen molar-refractivity contribution in [1.29, 1.82) is 0 Å². The fourth-order valence-corrected chi connectivity index (χ4v) is 2.82. The Labute approximate surface area is 149 Å². The van der Waals surface area contributed by atoms with Crippen molar-refractivity contribution in [3.8, 4) is 22.4 Å². The van der Waals surface area contributed by atoms with Crippen molar-refractivity contribution in [3.05, 3.63) is 69.1 Å². The fourth-order valence-electron chi connectivity index (χ4n) is 2.82. The number of pyridine rings is 1. The van der Waals surface area contributed by atoms with Crippen molar-refractivity contribution >= 4 is 5.95 Å². The Balaban J connectivity index is 2.34. The summed E-state index contributed by atoms with van der Waals surface area (Å²) in [4.78, 5) is 29.2. The van der Waals surface area contributed by atoms with Crippen LogP contribution in [0.25, 0.3) is 22.4 Å². The molecule has 26 heavy (non-hydrogen) atoms. The summed E-state index contributed by atoms with van der Waals surface area (Å²) in [6.45, 7) is 2.49. The van der Waals surface area contributed by atoms with Crippen LogP contribution in [0.15, 0.2) is 52.2 Å². The quantitative estimate of drug-likeness (QED) is 0.780. The molecule has 3 rings (SSSR count). The van der Waals surface area contributed by atoms with Crippen molar-refractivity contribution < 1.29 is 4.39 Å². The van der Waals surface area contributed by atoms with E-state index in [-0.39, 0.29) is 28.3 Å². The second-order valence-corrected chi connectivity index (χ2v) is 6.02. The van der Waals surface area contributed by atoms with Gasteiger partial charge in [0.05, 0.1) is 11.3 Å². The third-order valence-electron chi connectivity index (χ3n) is 4.16. The second kappa shape index (κ2) is 6.95. The van der Waals surface area contributed by atoms with Gasteiger partial charge in [-0.05, 0) is 24.6 Å². The van der Waals surface area contributed by atoms with Gasteiger partial charge in [-0.1, -0.05) is 19.1 Å². The summed E-state index contributed by atoms with van der Waals surface area (Å²) in [5.41, 5.74) is 6.87. The molecule has 0 aliphatic heterocycles. The molecule has 0 amide bonds. The molecule has 134 valence electrons. The van der Waals surface area contributed by atoms with E-state index in [1.54, 1.807) is 29.0 Å². The standard InChI is InChI=1S/C19H19FN4O2/c1-3-9-24-11-13(7-8-15(24)25)16-17(12-5-4-6-14(20)10-12)22-19(21)23(2)18(16)26/h4-8,10-11H,3,9H2,1-2H3,(H2,21,22). The summed E-state index contributed by atoms with van der Waals surface area (Å²) >= 11 is 0. The molecule has 0 spiro atoms. The highest BCUT2D eigenvalue weighted by Gasteiger charge is 2.18. The first kappa shape index (κ1) is 17.6. The van der Waals surface area contributed by atoms with E-state index in [0.717, 1.165) is 6.42 Å². The van der Waals surface area contributed by atoms with Gasteiger partial charge in [-0.3, -0.25) is 14.2 Å².